The maximum Gasteiger partial charge on any atom is 0.251 e. The number of H-pyrrole nitrogens is 1. The first-order valence-electron chi connectivity index (χ1n) is 15.3. The van der Waals surface area contributed by atoms with Crippen molar-refractivity contribution in [3.05, 3.63) is 75.6 Å². The van der Waals surface area contributed by atoms with E-state index >= 15 is 0 Å². The number of aryl methyl sites for hydroxylation is 2. The van der Waals surface area contributed by atoms with E-state index in [0.717, 1.165) is 41.5 Å². The van der Waals surface area contributed by atoms with Crippen LogP contribution >= 0.6 is 0 Å². The van der Waals surface area contributed by atoms with Crippen molar-refractivity contribution in [2.75, 3.05) is 27.2 Å². The molecule has 0 unspecified atom stereocenters. The monoisotopic (exact) mass is 595 g/mol. The predicted molar refractivity (Wildman–Crippen MR) is 161 cm³/mol. The highest BCUT2D eigenvalue weighted by Crippen LogP contribution is 2.49. The Balaban J connectivity index is 1.46. The van der Waals surface area contributed by atoms with Gasteiger partial charge in [-0.05, 0) is 108 Å². The Morgan fingerprint density at radius 2 is 1.66 bits per heavy atom. The predicted octanol–water partition coefficient (Wildman–Crippen LogP) is 1.62. The van der Waals surface area contributed by atoms with Crippen LogP contribution < -0.4 is 16.0 Å². The zero-order valence-corrected chi connectivity index (χ0v) is 25.0. The molecule has 3 amide bonds. The minimum absolute atomic E-state index is 0.0665. The molecule has 12 nitrogen and oxygen atoms in total. The largest absolute Gasteiger partial charge is 0.355 e. The maximum atomic E-state index is 13.3. The fourth-order valence-corrected chi connectivity index (χ4v) is 7.08. The van der Waals surface area contributed by atoms with Crippen LogP contribution in [0, 0.1) is 17.2 Å². The number of nitrogens with one attached hydrogen (secondary N) is 4. The zero-order chi connectivity index (χ0) is 30.8. The second-order valence-corrected chi connectivity index (χ2v) is 12.0. The van der Waals surface area contributed by atoms with Gasteiger partial charge in [0.15, 0.2) is 5.82 Å². The number of tetrazole rings is 1. The van der Waals surface area contributed by atoms with E-state index < -0.39 is 5.41 Å². The van der Waals surface area contributed by atoms with Gasteiger partial charge in [0.1, 0.15) is 6.04 Å². The van der Waals surface area contributed by atoms with Gasteiger partial charge in [0.2, 0.25) is 5.91 Å². The Morgan fingerprint density at radius 3 is 2.18 bits per heavy atom. The van der Waals surface area contributed by atoms with Crippen LogP contribution in [0.1, 0.15) is 80.9 Å². The zero-order valence-electron chi connectivity index (χ0n) is 25.0. The van der Waals surface area contributed by atoms with Crippen LogP contribution in [-0.2, 0) is 23.1 Å². The summed E-state index contributed by atoms with van der Waals surface area (Å²) in [6, 6.07) is 13.4. The molecule has 0 radical (unpaired) electrons. The van der Waals surface area contributed by atoms with Gasteiger partial charge in [-0.2, -0.15) is 5.26 Å². The number of carbonyl (C=O) groups is 3. The molecule has 44 heavy (non-hydrogen) atoms. The molecular weight excluding hydrogens is 558 g/mol. The van der Waals surface area contributed by atoms with E-state index in [4.69, 9.17) is 0 Å². The molecule has 1 saturated heterocycles. The minimum Gasteiger partial charge on any atom is -0.355 e. The summed E-state index contributed by atoms with van der Waals surface area (Å²) in [5.41, 5.74) is 4.23. The lowest BCUT2D eigenvalue weighted by Crippen LogP contribution is -2.47. The molecule has 2 fully saturated rings. The van der Waals surface area contributed by atoms with Crippen molar-refractivity contribution in [2.24, 2.45) is 5.92 Å². The highest BCUT2D eigenvalue weighted by atomic mass is 16.2. The van der Waals surface area contributed by atoms with Crippen LogP contribution in [0.5, 0.6) is 0 Å². The van der Waals surface area contributed by atoms with E-state index in [1.807, 2.05) is 36.4 Å². The van der Waals surface area contributed by atoms with E-state index in [2.05, 4.69) is 42.6 Å². The number of fused-ring (bicyclic) bond motifs is 2. The molecule has 6 rings (SSSR count). The molecule has 3 aliphatic rings. The fraction of sp³-hybridized carbons (Fsp3) is 0.469. The maximum absolute atomic E-state index is 13.3. The number of rotatable bonds is 9. The van der Waals surface area contributed by atoms with Crippen molar-refractivity contribution in [1.29, 1.82) is 5.26 Å². The average Bonchev–Trinajstić information content (AvgIpc) is 3.56. The molecule has 2 aliphatic carbocycles. The lowest BCUT2D eigenvalue weighted by atomic mass is 9.67. The Labute approximate surface area is 256 Å². The topological polar surface area (TPSA) is 169 Å². The second kappa shape index (κ2) is 12.2. The Bertz CT molecular complexity index is 1540. The summed E-state index contributed by atoms with van der Waals surface area (Å²) < 4.78 is 0. The van der Waals surface area contributed by atoms with Gasteiger partial charge < -0.3 is 20.9 Å². The number of hydrogen-bond acceptors (Lipinski definition) is 8. The number of aromatic nitrogens is 4. The molecule has 3 aromatic rings. The number of amides is 3. The molecule has 2 aromatic carbocycles. The summed E-state index contributed by atoms with van der Waals surface area (Å²) in [4.78, 5) is 40.3. The van der Waals surface area contributed by atoms with E-state index in [0.29, 0.717) is 55.1 Å². The Hall–Kier alpha value is -4.63. The summed E-state index contributed by atoms with van der Waals surface area (Å²) in [6.45, 7) is 0.734. The second-order valence-electron chi connectivity index (χ2n) is 12.0. The number of nitrogens with zero attached hydrogens (tertiary/aromatic N) is 5. The third kappa shape index (κ3) is 5.32. The molecule has 228 valence electrons. The first kappa shape index (κ1) is 29.4. The molecule has 0 bridgehead atoms. The lowest BCUT2D eigenvalue weighted by molar-refractivity contribution is -0.130. The van der Waals surface area contributed by atoms with Gasteiger partial charge in [0.05, 0.1) is 18.0 Å². The third-order valence-electron chi connectivity index (χ3n) is 9.48. The number of aromatic amines is 1. The molecule has 2 atom stereocenters. The van der Waals surface area contributed by atoms with Gasteiger partial charge in [-0.1, -0.05) is 12.1 Å². The van der Waals surface area contributed by atoms with E-state index in [1.54, 1.807) is 19.0 Å². The summed E-state index contributed by atoms with van der Waals surface area (Å²) in [5.74, 6) is 0.507. The van der Waals surface area contributed by atoms with Crippen LogP contribution in [0.15, 0.2) is 36.4 Å². The SMILES string of the molecule is CNC(=O)c1ccc2c(c1)CCc1cc(C(=O)NC)ccc1C2(C[C@H](NCC(=O)N1CCC[C@H]1C#N)C1CC1)c1nnn[nH]1. The van der Waals surface area contributed by atoms with Crippen molar-refractivity contribution < 1.29 is 14.4 Å². The van der Waals surface area contributed by atoms with Gasteiger partial charge in [0.25, 0.3) is 11.8 Å². The standard InChI is InChI=1S/C32H37N9O3/c1-34-29(43)22-9-11-25-20(14-22)7-8-21-15-23(30(44)35-2)10-12-26(21)32(25,31-37-39-40-38-31)16-27(19-5-6-19)36-18-28(42)41-13-3-4-24(41)17-33/h9-12,14-15,19,24,27,36H,3-8,13,16,18H2,1-2H3,(H,34,43)(H,35,44)(H,37,38,39,40)/t24-,27-/m0/s1. The summed E-state index contributed by atoms with van der Waals surface area (Å²) in [5, 5.41) is 34.1. The third-order valence-corrected chi connectivity index (χ3v) is 9.48. The number of hydrogen-bond donors (Lipinski definition) is 4. The Kier molecular flexibility index (Phi) is 8.14. The van der Waals surface area contributed by atoms with Gasteiger partial charge in [-0.3, -0.25) is 14.4 Å². The first-order chi connectivity index (χ1) is 21.4. The normalized spacial score (nSPS) is 19.2. The van der Waals surface area contributed by atoms with Crippen molar-refractivity contribution in [3.63, 3.8) is 0 Å². The number of carbonyl (C=O) groups excluding carboxylic acids is 3. The Morgan fingerprint density at radius 1 is 1.02 bits per heavy atom. The molecular formula is C32H37N9O3. The van der Waals surface area contributed by atoms with Gasteiger partial charge >= 0.3 is 0 Å². The van der Waals surface area contributed by atoms with Crippen molar-refractivity contribution in [3.8, 4) is 6.07 Å². The minimum atomic E-state index is -0.862. The number of likely N-dealkylation sites (tertiary alicyclic amines) is 1. The van der Waals surface area contributed by atoms with Gasteiger partial charge in [-0.25, -0.2) is 5.10 Å². The average molecular weight is 596 g/mol. The van der Waals surface area contributed by atoms with Crippen LogP contribution in [-0.4, -0.2) is 82.5 Å². The highest BCUT2D eigenvalue weighted by Gasteiger charge is 2.48. The van der Waals surface area contributed by atoms with Crippen molar-refractivity contribution >= 4 is 17.7 Å². The lowest BCUT2D eigenvalue weighted by Gasteiger charge is -2.38. The van der Waals surface area contributed by atoms with E-state index in [1.165, 1.54) is 0 Å². The molecule has 4 N–H and O–H groups in total. The molecule has 1 saturated carbocycles. The van der Waals surface area contributed by atoms with Gasteiger partial charge in [-0.15, -0.1) is 5.10 Å². The molecule has 0 spiro atoms. The molecule has 12 heteroatoms. The van der Waals surface area contributed by atoms with Crippen LogP contribution in [0.3, 0.4) is 0 Å². The van der Waals surface area contributed by atoms with E-state index in [-0.39, 0.29) is 36.3 Å². The van der Waals surface area contributed by atoms with Crippen LogP contribution in [0.4, 0.5) is 0 Å². The number of benzene rings is 2. The molecule has 2 heterocycles. The first-order valence-corrected chi connectivity index (χ1v) is 15.3. The van der Waals surface area contributed by atoms with Crippen LogP contribution in [0.2, 0.25) is 0 Å². The summed E-state index contributed by atoms with van der Waals surface area (Å²) in [6.07, 6.45) is 5.46. The van der Waals surface area contributed by atoms with Gasteiger partial charge in [0, 0.05) is 37.8 Å². The highest BCUT2D eigenvalue weighted by molar-refractivity contribution is 5.95. The van der Waals surface area contributed by atoms with Crippen LogP contribution in [0.25, 0.3) is 0 Å². The van der Waals surface area contributed by atoms with E-state index in [9.17, 15) is 19.6 Å². The van der Waals surface area contributed by atoms with Crippen molar-refractivity contribution in [2.45, 2.75) is 62.4 Å². The molecule has 1 aliphatic heterocycles. The summed E-state index contributed by atoms with van der Waals surface area (Å²) >= 11 is 0. The molecule has 1 aromatic heterocycles. The van der Waals surface area contributed by atoms with Crippen molar-refractivity contribution in [1.82, 2.24) is 41.5 Å². The quantitative estimate of drug-likeness (QED) is 0.289. The smallest absolute Gasteiger partial charge is 0.251 e. The summed E-state index contributed by atoms with van der Waals surface area (Å²) in [7, 11) is 3.23. The fourth-order valence-electron chi connectivity index (χ4n) is 7.08. The number of nitriles is 1.